The Morgan fingerprint density at radius 1 is 1.31 bits per heavy atom. The first-order valence-electron chi connectivity index (χ1n) is 7.90. The fraction of sp³-hybridized carbons (Fsp3) is 0.353. The van der Waals surface area contributed by atoms with E-state index < -0.39 is 23.4 Å². The van der Waals surface area contributed by atoms with Crippen molar-refractivity contribution in [2.24, 2.45) is 0 Å². The zero-order valence-electron chi connectivity index (χ0n) is 14.7. The number of carbonyl (C=O) groups excluding carboxylic acids is 2. The predicted molar refractivity (Wildman–Crippen MR) is 91.7 cm³/mol. The number of aryl methyl sites for hydroxylation is 3. The summed E-state index contributed by atoms with van der Waals surface area (Å²) in [7, 11) is 0. The average Bonchev–Trinajstić information content (AvgIpc) is 2.91. The van der Waals surface area contributed by atoms with Gasteiger partial charge in [-0.25, -0.2) is 0 Å². The number of nitro benzene ring substituents is 1. The van der Waals surface area contributed by atoms with E-state index in [1.807, 2.05) is 0 Å². The molecule has 0 saturated carbocycles. The van der Waals surface area contributed by atoms with E-state index in [1.165, 1.54) is 18.2 Å². The van der Waals surface area contributed by atoms with Crippen LogP contribution < -0.4 is 5.32 Å². The first-order valence-corrected chi connectivity index (χ1v) is 7.90. The van der Waals surface area contributed by atoms with Crippen LogP contribution >= 0.6 is 0 Å². The number of ether oxygens (including phenoxy) is 1. The summed E-state index contributed by atoms with van der Waals surface area (Å²) in [6.45, 7) is 4.78. The lowest BCUT2D eigenvalue weighted by atomic mass is 10.1. The Labute approximate surface area is 149 Å². The summed E-state index contributed by atoms with van der Waals surface area (Å²) in [6.07, 6.45) is 0.498. The van der Waals surface area contributed by atoms with E-state index in [2.05, 4.69) is 10.5 Å². The van der Waals surface area contributed by atoms with Gasteiger partial charge in [-0.2, -0.15) is 0 Å². The molecule has 1 N–H and O–H groups in total. The van der Waals surface area contributed by atoms with Gasteiger partial charge >= 0.3 is 5.97 Å². The number of hydrogen-bond acceptors (Lipinski definition) is 7. The summed E-state index contributed by atoms with van der Waals surface area (Å²) in [6, 6.07) is 4.13. The van der Waals surface area contributed by atoms with Gasteiger partial charge in [0, 0.05) is 24.1 Å². The molecule has 0 unspecified atom stereocenters. The van der Waals surface area contributed by atoms with Crippen molar-refractivity contribution in [3.8, 4) is 0 Å². The van der Waals surface area contributed by atoms with Crippen LogP contribution in [0.2, 0.25) is 0 Å². The van der Waals surface area contributed by atoms with Crippen molar-refractivity contribution < 1.29 is 23.8 Å². The standard InChI is InChI=1S/C17H19N3O6/c1-10-4-5-13(20(23)24)8-15(10)18-16(21)9-25-17(22)7-6-14-11(2)19-26-12(14)3/h4-5,8H,6-7,9H2,1-3H3,(H,18,21). The van der Waals surface area contributed by atoms with Crippen LogP contribution in [-0.2, 0) is 20.7 Å². The molecule has 9 nitrogen and oxygen atoms in total. The number of nitrogens with one attached hydrogen (secondary N) is 1. The molecule has 1 aromatic carbocycles. The predicted octanol–water partition coefficient (Wildman–Crippen LogP) is 2.62. The number of nitro groups is 1. The van der Waals surface area contributed by atoms with Crippen LogP contribution in [0.4, 0.5) is 11.4 Å². The highest BCUT2D eigenvalue weighted by Gasteiger charge is 2.14. The second kappa shape index (κ2) is 8.24. The lowest BCUT2D eigenvalue weighted by Crippen LogP contribution is -2.21. The van der Waals surface area contributed by atoms with Crippen LogP contribution in [0.1, 0.15) is 29.0 Å². The number of hydrogen-bond donors (Lipinski definition) is 1. The van der Waals surface area contributed by atoms with E-state index >= 15 is 0 Å². The maximum atomic E-state index is 11.9. The molecule has 0 aliphatic rings. The largest absolute Gasteiger partial charge is 0.456 e. The molecule has 2 aromatic rings. The third-order valence-corrected chi connectivity index (χ3v) is 3.83. The van der Waals surface area contributed by atoms with Crippen molar-refractivity contribution in [2.45, 2.75) is 33.6 Å². The molecule has 0 atom stereocenters. The second-order valence-corrected chi connectivity index (χ2v) is 5.77. The Bertz CT molecular complexity index is 824. The van der Waals surface area contributed by atoms with Crippen LogP contribution in [0.25, 0.3) is 0 Å². The highest BCUT2D eigenvalue weighted by molar-refractivity contribution is 5.93. The van der Waals surface area contributed by atoms with Crippen molar-refractivity contribution in [3.05, 3.63) is 50.9 Å². The lowest BCUT2D eigenvalue weighted by Gasteiger charge is -2.09. The van der Waals surface area contributed by atoms with Gasteiger partial charge in [-0.15, -0.1) is 0 Å². The number of nitrogens with zero attached hydrogens (tertiary/aromatic N) is 2. The van der Waals surface area contributed by atoms with Crippen LogP contribution in [0.5, 0.6) is 0 Å². The monoisotopic (exact) mass is 361 g/mol. The number of aromatic nitrogens is 1. The molecule has 2 rings (SSSR count). The fourth-order valence-electron chi connectivity index (χ4n) is 2.35. The van der Waals surface area contributed by atoms with Gasteiger partial charge in [-0.05, 0) is 32.8 Å². The summed E-state index contributed by atoms with van der Waals surface area (Å²) in [4.78, 5) is 33.9. The highest BCUT2D eigenvalue weighted by atomic mass is 16.6. The van der Waals surface area contributed by atoms with Gasteiger partial charge in [0.1, 0.15) is 5.76 Å². The number of anilines is 1. The van der Waals surface area contributed by atoms with Gasteiger partial charge < -0.3 is 14.6 Å². The summed E-state index contributed by atoms with van der Waals surface area (Å²) in [5.41, 5.74) is 2.39. The van der Waals surface area contributed by atoms with Crippen molar-refractivity contribution in [1.29, 1.82) is 0 Å². The molecule has 9 heteroatoms. The number of benzene rings is 1. The molecule has 0 aliphatic carbocycles. The van der Waals surface area contributed by atoms with Gasteiger partial charge in [-0.3, -0.25) is 19.7 Å². The van der Waals surface area contributed by atoms with Gasteiger partial charge in [-0.1, -0.05) is 11.2 Å². The maximum absolute atomic E-state index is 11.9. The van der Waals surface area contributed by atoms with E-state index in [9.17, 15) is 19.7 Å². The van der Waals surface area contributed by atoms with Gasteiger partial charge in [0.05, 0.1) is 16.3 Å². The van der Waals surface area contributed by atoms with E-state index in [-0.39, 0.29) is 12.1 Å². The quantitative estimate of drug-likeness (QED) is 0.456. The number of amides is 1. The molecule has 26 heavy (non-hydrogen) atoms. The normalized spacial score (nSPS) is 10.4. The molecule has 1 amide bonds. The zero-order chi connectivity index (χ0) is 19.3. The molecular weight excluding hydrogens is 342 g/mol. The summed E-state index contributed by atoms with van der Waals surface area (Å²) < 4.78 is 9.95. The van der Waals surface area contributed by atoms with Gasteiger partial charge in [0.25, 0.3) is 11.6 Å². The van der Waals surface area contributed by atoms with Crippen molar-refractivity contribution in [1.82, 2.24) is 5.16 Å². The van der Waals surface area contributed by atoms with Crippen LogP contribution in [-0.4, -0.2) is 28.6 Å². The molecule has 0 bridgehead atoms. The van der Waals surface area contributed by atoms with Crippen molar-refractivity contribution in [2.75, 3.05) is 11.9 Å². The number of esters is 1. The minimum Gasteiger partial charge on any atom is -0.456 e. The molecule has 0 saturated heterocycles. The maximum Gasteiger partial charge on any atom is 0.306 e. The van der Waals surface area contributed by atoms with E-state index in [4.69, 9.17) is 9.26 Å². The van der Waals surface area contributed by atoms with Crippen LogP contribution in [0, 0.1) is 30.9 Å². The van der Waals surface area contributed by atoms with Crippen molar-refractivity contribution in [3.63, 3.8) is 0 Å². The molecule has 1 aromatic heterocycles. The Balaban J connectivity index is 1.84. The summed E-state index contributed by atoms with van der Waals surface area (Å²) in [5.74, 6) is -0.454. The molecule has 0 aliphatic heterocycles. The Morgan fingerprint density at radius 2 is 2.04 bits per heavy atom. The molecule has 0 radical (unpaired) electrons. The Kier molecular flexibility index (Phi) is 6.05. The number of rotatable bonds is 7. The van der Waals surface area contributed by atoms with Gasteiger partial charge in [0.15, 0.2) is 6.61 Å². The van der Waals surface area contributed by atoms with E-state index in [0.29, 0.717) is 29.1 Å². The highest BCUT2D eigenvalue weighted by Crippen LogP contribution is 2.21. The zero-order valence-corrected chi connectivity index (χ0v) is 14.7. The minimum absolute atomic E-state index is 0.0893. The van der Waals surface area contributed by atoms with Crippen LogP contribution in [0.15, 0.2) is 22.7 Å². The van der Waals surface area contributed by atoms with Gasteiger partial charge in [0.2, 0.25) is 0 Å². The summed E-state index contributed by atoms with van der Waals surface area (Å²) in [5, 5.41) is 17.1. The first-order chi connectivity index (χ1) is 12.3. The second-order valence-electron chi connectivity index (χ2n) is 5.77. The average molecular weight is 361 g/mol. The first kappa shape index (κ1) is 19.1. The number of non-ortho nitro benzene ring substituents is 1. The molecule has 0 fully saturated rings. The summed E-state index contributed by atoms with van der Waals surface area (Å²) >= 11 is 0. The molecule has 0 spiro atoms. The SMILES string of the molecule is Cc1ccc([N+](=O)[O-])cc1NC(=O)COC(=O)CCc1c(C)noc1C. The fourth-order valence-corrected chi connectivity index (χ4v) is 2.35. The molecular formula is C17H19N3O6. The van der Waals surface area contributed by atoms with Crippen LogP contribution in [0.3, 0.4) is 0 Å². The minimum atomic E-state index is -0.570. The van der Waals surface area contributed by atoms with E-state index in [0.717, 1.165) is 5.56 Å². The van der Waals surface area contributed by atoms with Crippen molar-refractivity contribution >= 4 is 23.3 Å². The third kappa shape index (κ3) is 4.88. The smallest absolute Gasteiger partial charge is 0.306 e. The Hall–Kier alpha value is -3.23. The Morgan fingerprint density at radius 3 is 2.65 bits per heavy atom. The molecule has 1 heterocycles. The number of carbonyl (C=O) groups is 2. The topological polar surface area (TPSA) is 125 Å². The van der Waals surface area contributed by atoms with E-state index in [1.54, 1.807) is 20.8 Å². The molecule has 138 valence electrons. The third-order valence-electron chi connectivity index (χ3n) is 3.83. The lowest BCUT2D eigenvalue weighted by molar-refractivity contribution is -0.384.